The fraction of sp³-hybridized carbons (Fsp3) is 0.688. The normalized spacial score (nSPS) is 22.3. The van der Waals surface area contributed by atoms with Crippen molar-refractivity contribution in [2.24, 2.45) is 5.92 Å². The van der Waals surface area contributed by atoms with Crippen LogP contribution in [0.4, 0.5) is 0 Å². The van der Waals surface area contributed by atoms with E-state index in [9.17, 15) is 4.79 Å². The second kappa shape index (κ2) is 7.47. The van der Waals surface area contributed by atoms with Crippen LogP contribution in [0.1, 0.15) is 65.7 Å². The van der Waals surface area contributed by atoms with E-state index in [1.165, 1.54) is 11.1 Å². The Bertz CT molecular complexity index is 309. The number of ketones is 1. The molecule has 0 amide bonds. The summed E-state index contributed by atoms with van der Waals surface area (Å²) in [6.07, 6.45) is 12.0. The Morgan fingerprint density at radius 3 is 2.65 bits per heavy atom. The SMILES string of the molecule is CCC(C)=CCCC(C)=CCC1CCCC1=O. The molecule has 1 heteroatoms. The lowest BCUT2D eigenvalue weighted by atomic mass is 10.00. The molecular formula is C16H26O. The van der Waals surface area contributed by atoms with Gasteiger partial charge in [0.05, 0.1) is 0 Å². The van der Waals surface area contributed by atoms with Crippen molar-refractivity contribution in [1.29, 1.82) is 0 Å². The second-order valence-electron chi connectivity index (χ2n) is 5.28. The average molecular weight is 234 g/mol. The van der Waals surface area contributed by atoms with Crippen LogP contribution in [0.3, 0.4) is 0 Å². The zero-order valence-electron chi connectivity index (χ0n) is 11.6. The van der Waals surface area contributed by atoms with Crippen molar-refractivity contribution >= 4 is 5.78 Å². The first kappa shape index (κ1) is 14.2. The number of carbonyl (C=O) groups is 1. The summed E-state index contributed by atoms with van der Waals surface area (Å²) < 4.78 is 0. The maximum absolute atomic E-state index is 11.5. The number of rotatable bonds is 6. The lowest BCUT2D eigenvalue weighted by Crippen LogP contribution is -2.04. The van der Waals surface area contributed by atoms with E-state index < -0.39 is 0 Å². The van der Waals surface area contributed by atoms with Crippen LogP contribution in [0, 0.1) is 5.92 Å². The lowest BCUT2D eigenvalue weighted by molar-refractivity contribution is -0.120. The molecule has 1 saturated carbocycles. The van der Waals surface area contributed by atoms with Crippen LogP contribution in [-0.2, 0) is 4.79 Å². The summed E-state index contributed by atoms with van der Waals surface area (Å²) in [6.45, 7) is 6.57. The fourth-order valence-corrected chi connectivity index (χ4v) is 2.27. The summed E-state index contributed by atoms with van der Waals surface area (Å²) in [7, 11) is 0. The first-order valence-corrected chi connectivity index (χ1v) is 6.97. The van der Waals surface area contributed by atoms with E-state index >= 15 is 0 Å². The fourth-order valence-electron chi connectivity index (χ4n) is 2.27. The highest BCUT2D eigenvalue weighted by Gasteiger charge is 2.22. The van der Waals surface area contributed by atoms with Gasteiger partial charge >= 0.3 is 0 Å². The monoisotopic (exact) mass is 234 g/mol. The molecule has 1 aliphatic carbocycles. The number of allylic oxidation sites excluding steroid dienone is 4. The smallest absolute Gasteiger partial charge is 0.136 e. The Balaban J connectivity index is 2.27. The molecule has 0 aromatic carbocycles. The van der Waals surface area contributed by atoms with E-state index in [4.69, 9.17) is 0 Å². The molecule has 1 aliphatic rings. The molecule has 0 aromatic rings. The van der Waals surface area contributed by atoms with Gasteiger partial charge in [0.2, 0.25) is 0 Å². The predicted molar refractivity (Wildman–Crippen MR) is 74.0 cm³/mol. The van der Waals surface area contributed by atoms with Crippen LogP contribution < -0.4 is 0 Å². The number of Topliss-reactive ketones (excluding diaryl/α,β-unsaturated/α-hetero) is 1. The first-order chi connectivity index (χ1) is 8.13. The van der Waals surface area contributed by atoms with Gasteiger partial charge < -0.3 is 0 Å². The summed E-state index contributed by atoms with van der Waals surface area (Å²) in [4.78, 5) is 11.5. The minimum absolute atomic E-state index is 0.331. The zero-order valence-corrected chi connectivity index (χ0v) is 11.6. The van der Waals surface area contributed by atoms with Crippen molar-refractivity contribution < 1.29 is 4.79 Å². The predicted octanol–water partition coefficient (Wildman–Crippen LogP) is 4.83. The largest absolute Gasteiger partial charge is 0.299 e. The molecule has 1 atom stereocenters. The standard InChI is InChI=1S/C16H26O/c1-4-13(2)7-5-8-14(3)11-12-15-9-6-10-16(15)17/h7,11,15H,4-6,8-10,12H2,1-3H3. The lowest BCUT2D eigenvalue weighted by Gasteiger charge is -2.05. The number of hydrogen-bond acceptors (Lipinski definition) is 1. The van der Waals surface area contributed by atoms with Crippen LogP contribution in [0.5, 0.6) is 0 Å². The van der Waals surface area contributed by atoms with Gasteiger partial charge in [-0.3, -0.25) is 4.79 Å². The third-order valence-corrected chi connectivity index (χ3v) is 3.77. The molecule has 0 N–H and O–H groups in total. The number of hydrogen-bond donors (Lipinski definition) is 0. The van der Waals surface area contributed by atoms with Gasteiger partial charge in [-0.05, 0) is 52.4 Å². The summed E-state index contributed by atoms with van der Waals surface area (Å²) in [5.74, 6) is 0.814. The highest BCUT2D eigenvalue weighted by Crippen LogP contribution is 2.25. The summed E-state index contributed by atoms with van der Waals surface area (Å²) in [6, 6.07) is 0. The molecular weight excluding hydrogens is 208 g/mol. The maximum Gasteiger partial charge on any atom is 0.136 e. The van der Waals surface area contributed by atoms with Crippen LogP contribution in [0.15, 0.2) is 23.3 Å². The van der Waals surface area contributed by atoms with E-state index in [1.807, 2.05) is 0 Å². The summed E-state index contributed by atoms with van der Waals surface area (Å²) >= 11 is 0. The highest BCUT2D eigenvalue weighted by molar-refractivity contribution is 5.82. The van der Waals surface area contributed by atoms with E-state index in [-0.39, 0.29) is 0 Å². The zero-order chi connectivity index (χ0) is 12.7. The van der Waals surface area contributed by atoms with Gasteiger partial charge in [-0.1, -0.05) is 30.2 Å². The Hall–Kier alpha value is -0.850. The molecule has 0 radical (unpaired) electrons. The van der Waals surface area contributed by atoms with Crippen molar-refractivity contribution in [3.63, 3.8) is 0 Å². The third-order valence-electron chi connectivity index (χ3n) is 3.77. The van der Waals surface area contributed by atoms with Crippen LogP contribution in [0.2, 0.25) is 0 Å². The third kappa shape index (κ3) is 5.34. The molecule has 96 valence electrons. The van der Waals surface area contributed by atoms with Crippen LogP contribution in [-0.4, -0.2) is 5.78 Å². The molecule has 0 aromatic heterocycles. The molecule has 1 unspecified atom stereocenters. The minimum Gasteiger partial charge on any atom is -0.299 e. The van der Waals surface area contributed by atoms with Crippen molar-refractivity contribution in [3.8, 4) is 0 Å². The van der Waals surface area contributed by atoms with Crippen molar-refractivity contribution in [1.82, 2.24) is 0 Å². The van der Waals surface area contributed by atoms with Gasteiger partial charge in [0.1, 0.15) is 5.78 Å². The van der Waals surface area contributed by atoms with Gasteiger partial charge in [-0.15, -0.1) is 0 Å². The molecule has 17 heavy (non-hydrogen) atoms. The Kier molecular flexibility index (Phi) is 6.25. The van der Waals surface area contributed by atoms with Crippen LogP contribution in [0.25, 0.3) is 0 Å². The van der Waals surface area contributed by atoms with E-state index in [0.717, 1.165) is 44.9 Å². The summed E-state index contributed by atoms with van der Waals surface area (Å²) in [5, 5.41) is 0. The number of carbonyl (C=O) groups excluding carboxylic acids is 1. The summed E-state index contributed by atoms with van der Waals surface area (Å²) in [5.41, 5.74) is 2.91. The van der Waals surface area contributed by atoms with Crippen molar-refractivity contribution in [3.05, 3.63) is 23.3 Å². The molecule has 1 fully saturated rings. The van der Waals surface area contributed by atoms with Gasteiger partial charge in [0, 0.05) is 12.3 Å². The van der Waals surface area contributed by atoms with Gasteiger partial charge in [-0.25, -0.2) is 0 Å². The first-order valence-electron chi connectivity index (χ1n) is 6.97. The van der Waals surface area contributed by atoms with E-state index in [0.29, 0.717) is 11.7 Å². The van der Waals surface area contributed by atoms with Gasteiger partial charge in [0.25, 0.3) is 0 Å². The Morgan fingerprint density at radius 1 is 1.29 bits per heavy atom. The Morgan fingerprint density at radius 2 is 2.06 bits per heavy atom. The molecule has 0 aliphatic heterocycles. The molecule has 0 saturated heterocycles. The van der Waals surface area contributed by atoms with E-state index in [1.54, 1.807) is 0 Å². The molecule has 0 heterocycles. The topological polar surface area (TPSA) is 17.1 Å². The van der Waals surface area contributed by atoms with Crippen molar-refractivity contribution in [2.45, 2.75) is 65.7 Å². The van der Waals surface area contributed by atoms with Gasteiger partial charge in [-0.2, -0.15) is 0 Å². The van der Waals surface area contributed by atoms with E-state index in [2.05, 4.69) is 32.9 Å². The molecule has 1 rings (SSSR count). The van der Waals surface area contributed by atoms with Gasteiger partial charge in [0.15, 0.2) is 0 Å². The minimum atomic E-state index is 0.331. The highest BCUT2D eigenvalue weighted by atomic mass is 16.1. The molecule has 1 nitrogen and oxygen atoms in total. The quantitative estimate of drug-likeness (QED) is 0.602. The van der Waals surface area contributed by atoms with Crippen LogP contribution >= 0.6 is 0 Å². The Labute approximate surface area is 106 Å². The second-order valence-corrected chi connectivity index (χ2v) is 5.28. The molecule has 0 spiro atoms. The average Bonchev–Trinajstić information content (AvgIpc) is 2.72. The maximum atomic E-state index is 11.5. The van der Waals surface area contributed by atoms with Crippen molar-refractivity contribution in [2.75, 3.05) is 0 Å². The molecule has 0 bridgehead atoms.